The highest BCUT2D eigenvalue weighted by atomic mass is 16.4. The van der Waals surface area contributed by atoms with Crippen molar-refractivity contribution in [2.24, 2.45) is 0 Å². The molecule has 104 valence electrons. The molecular formula is C17H20NO2+. The van der Waals surface area contributed by atoms with Crippen LogP contribution in [-0.4, -0.2) is 11.1 Å². The minimum Gasteiger partial charge on any atom is -0.478 e. The van der Waals surface area contributed by atoms with Crippen molar-refractivity contribution in [1.29, 1.82) is 0 Å². The highest BCUT2D eigenvalue weighted by Gasteiger charge is 2.21. The topological polar surface area (TPSA) is 41.2 Å². The zero-order valence-corrected chi connectivity index (χ0v) is 12.0. The van der Waals surface area contributed by atoms with Crippen molar-refractivity contribution < 1.29 is 14.5 Å². The third-order valence-corrected chi connectivity index (χ3v) is 3.56. The fraction of sp³-hybridized carbons (Fsp3) is 0.294. The lowest BCUT2D eigenvalue weighted by molar-refractivity contribution is -0.603. The number of hydrogen-bond acceptors (Lipinski definition) is 1. The molecule has 0 radical (unpaired) electrons. The molecule has 2 aromatic rings. The zero-order valence-electron chi connectivity index (χ0n) is 12.0. The highest BCUT2D eigenvalue weighted by molar-refractivity contribution is 5.89. The summed E-state index contributed by atoms with van der Waals surface area (Å²) in [6.45, 7) is 4.11. The molecule has 0 aliphatic rings. The van der Waals surface area contributed by atoms with E-state index in [-0.39, 0.29) is 0 Å². The van der Waals surface area contributed by atoms with Gasteiger partial charge < -0.3 is 5.11 Å². The fourth-order valence-electron chi connectivity index (χ4n) is 2.44. The van der Waals surface area contributed by atoms with Gasteiger partial charge in [-0.2, -0.15) is 4.57 Å². The second kappa shape index (κ2) is 6.33. The van der Waals surface area contributed by atoms with Gasteiger partial charge in [0.05, 0.1) is 5.56 Å². The molecule has 1 aromatic carbocycles. The molecule has 0 saturated carbocycles. The maximum atomic E-state index is 11.4. The van der Waals surface area contributed by atoms with E-state index < -0.39 is 5.97 Å². The Hall–Kier alpha value is -2.16. The molecule has 0 atom stereocenters. The summed E-state index contributed by atoms with van der Waals surface area (Å²) in [5, 5.41) is 9.34. The summed E-state index contributed by atoms with van der Waals surface area (Å²) < 4.78 is 2.05. The molecule has 2 rings (SSSR count). The molecular weight excluding hydrogens is 250 g/mol. The Balaban J connectivity index is 2.54. The van der Waals surface area contributed by atoms with Crippen molar-refractivity contribution in [3.63, 3.8) is 0 Å². The first-order valence-electron chi connectivity index (χ1n) is 6.98. The van der Waals surface area contributed by atoms with Crippen LogP contribution in [0, 0.1) is 6.92 Å². The fourth-order valence-corrected chi connectivity index (χ4v) is 2.44. The van der Waals surface area contributed by atoms with E-state index in [0.717, 1.165) is 36.2 Å². The van der Waals surface area contributed by atoms with Crippen molar-refractivity contribution >= 4 is 5.97 Å². The summed E-state index contributed by atoms with van der Waals surface area (Å²) in [6.07, 6.45) is 4.69. The van der Waals surface area contributed by atoms with Crippen molar-refractivity contribution in [2.75, 3.05) is 0 Å². The number of unbranched alkanes of at least 4 members (excludes halogenated alkanes) is 1. The lowest BCUT2D eigenvalue weighted by Crippen LogP contribution is -2.36. The van der Waals surface area contributed by atoms with Crippen LogP contribution < -0.4 is 4.57 Å². The molecule has 3 nitrogen and oxygen atoms in total. The Bertz CT molecular complexity index is 606. The van der Waals surface area contributed by atoms with Crippen molar-refractivity contribution in [3.05, 3.63) is 59.4 Å². The van der Waals surface area contributed by atoms with Gasteiger partial charge in [-0.25, -0.2) is 4.79 Å². The SMILES string of the molecule is CCCCc1c(C(=O)O)cc[n+](-c2ccccc2)c1C. The number of carbonyl (C=O) groups is 1. The standard InChI is InChI=1S/C17H19NO2/c1-3-4-10-15-13(2)18(12-11-16(15)17(19)20)14-8-6-5-7-9-14/h5-9,11-12H,3-4,10H2,1-2H3/p+1. The monoisotopic (exact) mass is 270 g/mol. The van der Waals surface area contributed by atoms with Crippen molar-refractivity contribution in [2.45, 2.75) is 33.1 Å². The second-order valence-electron chi connectivity index (χ2n) is 4.91. The van der Waals surface area contributed by atoms with E-state index in [1.807, 2.05) is 43.5 Å². The molecule has 0 spiro atoms. The van der Waals surface area contributed by atoms with Crippen LogP contribution in [0.4, 0.5) is 0 Å². The molecule has 0 bridgehead atoms. The van der Waals surface area contributed by atoms with Gasteiger partial charge in [-0.3, -0.25) is 0 Å². The van der Waals surface area contributed by atoms with E-state index in [9.17, 15) is 9.90 Å². The van der Waals surface area contributed by atoms with E-state index in [4.69, 9.17) is 0 Å². The summed E-state index contributed by atoms with van der Waals surface area (Å²) >= 11 is 0. The average Bonchev–Trinajstić information content (AvgIpc) is 2.46. The normalized spacial score (nSPS) is 10.5. The van der Waals surface area contributed by atoms with Crippen LogP contribution in [0.5, 0.6) is 0 Å². The number of hydrogen-bond donors (Lipinski definition) is 1. The Morgan fingerprint density at radius 1 is 1.20 bits per heavy atom. The molecule has 1 N–H and O–H groups in total. The Morgan fingerprint density at radius 2 is 1.90 bits per heavy atom. The number of benzene rings is 1. The lowest BCUT2D eigenvalue weighted by Gasteiger charge is -2.09. The third kappa shape index (κ3) is 2.87. The predicted octanol–water partition coefficient (Wildman–Crippen LogP) is 3.31. The van der Waals surface area contributed by atoms with Gasteiger partial charge in [0, 0.05) is 30.7 Å². The molecule has 3 heteroatoms. The maximum absolute atomic E-state index is 11.4. The third-order valence-electron chi connectivity index (χ3n) is 3.56. The van der Waals surface area contributed by atoms with Crippen LogP contribution >= 0.6 is 0 Å². The average molecular weight is 270 g/mol. The van der Waals surface area contributed by atoms with Gasteiger partial charge in [0.1, 0.15) is 0 Å². The van der Waals surface area contributed by atoms with E-state index in [1.165, 1.54) is 0 Å². The zero-order chi connectivity index (χ0) is 14.5. The first-order valence-corrected chi connectivity index (χ1v) is 6.98. The van der Waals surface area contributed by atoms with E-state index in [1.54, 1.807) is 6.07 Å². The molecule has 0 aliphatic heterocycles. The number of carboxylic acids is 1. The number of carboxylic acid groups (broad SMARTS) is 1. The van der Waals surface area contributed by atoms with E-state index in [2.05, 4.69) is 11.5 Å². The van der Waals surface area contributed by atoms with E-state index in [0.29, 0.717) is 5.56 Å². The van der Waals surface area contributed by atoms with Gasteiger partial charge in [0.2, 0.25) is 5.69 Å². The summed E-state index contributed by atoms with van der Waals surface area (Å²) in [6, 6.07) is 11.7. The molecule has 1 aromatic heterocycles. The van der Waals surface area contributed by atoms with Crippen LogP contribution in [-0.2, 0) is 6.42 Å². The number of rotatable bonds is 5. The van der Waals surface area contributed by atoms with Gasteiger partial charge in [-0.15, -0.1) is 0 Å². The summed E-state index contributed by atoms with van der Waals surface area (Å²) in [4.78, 5) is 11.4. The molecule has 0 unspecified atom stereocenters. The quantitative estimate of drug-likeness (QED) is 0.847. The van der Waals surface area contributed by atoms with Gasteiger partial charge in [-0.1, -0.05) is 31.5 Å². The Kier molecular flexibility index (Phi) is 4.51. The van der Waals surface area contributed by atoms with Crippen LogP contribution in [0.1, 0.15) is 41.4 Å². The Morgan fingerprint density at radius 3 is 2.50 bits per heavy atom. The van der Waals surface area contributed by atoms with Gasteiger partial charge in [0.25, 0.3) is 0 Å². The number of para-hydroxylation sites is 1. The molecule has 1 heterocycles. The smallest absolute Gasteiger partial charge is 0.336 e. The van der Waals surface area contributed by atoms with Crippen LogP contribution in [0.25, 0.3) is 5.69 Å². The first kappa shape index (κ1) is 14.3. The van der Waals surface area contributed by atoms with Gasteiger partial charge in [0.15, 0.2) is 11.9 Å². The number of nitrogens with zero attached hydrogens (tertiary/aromatic N) is 1. The predicted molar refractivity (Wildman–Crippen MR) is 78.3 cm³/mol. The molecule has 0 aliphatic carbocycles. The van der Waals surface area contributed by atoms with Gasteiger partial charge >= 0.3 is 5.97 Å². The van der Waals surface area contributed by atoms with E-state index >= 15 is 0 Å². The van der Waals surface area contributed by atoms with Crippen LogP contribution in [0.2, 0.25) is 0 Å². The molecule has 20 heavy (non-hydrogen) atoms. The molecule has 0 amide bonds. The summed E-state index contributed by atoms with van der Waals surface area (Å²) in [5.41, 5.74) is 3.41. The highest BCUT2D eigenvalue weighted by Crippen LogP contribution is 2.16. The van der Waals surface area contributed by atoms with Crippen molar-refractivity contribution in [3.8, 4) is 5.69 Å². The largest absolute Gasteiger partial charge is 0.478 e. The minimum absolute atomic E-state index is 0.420. The van der Waals surface area contributed by atoms with Crippen LogP contribution in [0.3, 0.4) is 0 Å². The molecule has 0 fully saturated rings. The summed E-state index contributed by atoms with van der Waals surface area (Å²) in [5.74, 6) is -0.848. The van der Waals surface area contributed by atoms with Crippen molar-refractivity contribution in [1.82, 2.24) is 0 Å². The van der Waals surface area contributed by atoms with Crippen LogP contribution in [0.15, 0.2) is 42.6 Å². The number of aromatic nitrogens is 1. The lowest BCUT2D eigenvalue weighted by atomic mass is 10.0. The Labute approximate surface area is 119 Å². The maximum Gasteiger partial charge on any atom is 0.336 e. The number of aromatic carboxylic acids is 1. The van der Waals surface area contributed by atoms with Gasteiger partial charge in [-0.05, 0) is 12.8 Å². The summed E-state index contributed by atoms with van der Waals surface area (Å²) in [7, 11) is 0. The first-order chi connectivity index (χ1) is 9.65. The molecule has 0 saturated heterocycles. The second-order valence-corrected chi connectivity index (χ2v) is 4.91. The number of pyridine rings is 1. The minimum atomic E-state index is -0.848.